The molecule has 33 heavy (non-hydrogen) atoms. The Morgan fingerprint density at radius 1 is 0.909 bits per heavy atom. The Hall–Kier alpha value is -2.94. The summed E-state index contributed by atoms with van der Waals surface area (Å²) in [7, 11) is 0. The highest BCUT2D eigenvalue weighted by Gasteiger charge is 2.31. The van der Waals surface area contributed by atoms with Crippen LogP contribution in [0.25, 0.3) is 11.1 Å². The minimum absolute atomic E-state index is 0.214. The molecule has 1 aliphatic carbocycles. The Morgan fingerprint density at radius 3 is 1.94 bits per heavy atom. The van der Waals surface area contributed by atoms with E-state index >= 15 is 0 Å². The van der Waals surface area contributed by atoms with Gasteiger partial charge in [-0.15, -0.1) is 0 Å². The van der Waals surface area contributed by atoms with Crippen molar-refractivity contribution in [2.45, 2.75) is 44.3 Å². The molecule has 2 aromatic carbocycles. The van der Waals surface area contributed by atoms with E-state index in [1.54, 1.807) is 11.9 Å². The lowest BCUT2D eigenvalue weighted by molar-refractivity contribution is -0.141. The van der Waals surface area contributed by atoms with E-state index in [0.29, 0.717) is 13.0 Å². The average molecular weight is 461 g/mol. The van der Waals surface area contributed by atoms with E-state index in [2.05, 4.69) is 48.5 Å². The van der Waals surface area contributed by atoms with Crippen LogP contribution < -0.4 is 5.56 Å². The maximum Gasteiger partial charge on any atom is 0.431 e. The number of hydrogen-bond acceptors (Lipinski definition) is 4. The number of aromatic nitrogens is 1. The summed E-state index contributed by atoms with van der Waals surface area (Å²) in [4.78, 5) is 12.0. The van der Waals surface area contributed by atoms with Crippen LogP contribution in [-0.4, -0.2) is 40.1 Å². The number of aliphatic hydroxyl groups is 2. The first-order valence-corrected chi connectivity index (χ1v) is 10.6. The normalized spacial score (nSPS) is 21.0. The number of aromatic amines is 1. The summed E-state index contributed by atoms with van der Waals surface area (Å²) in [5.74, 6) is 0. The number of H-pyrrole nitrogens is 1. The second-order valence-electron chi connectivity index (χ2n) is 7.84. The summed E-state index contributed by atoms with van der Waals surface area (Å²) >= 11 is 0. The van der Waals surface area contributed by atoms with Crippen LogP contribution in [0.5, 0.6) is 0 Å². The topological polar surface area (TPSA) is 82.5 Å². The van der Waals surface area contributed by atoms with Gasteiger partial charge in [-0.25, -0.2) is 0 Å². The fourth-order valence-electron chi connectivity index (χ4n) is 3.65. The zero-order valence-electron chi connectivity index (χ0n) is 18.0. The predicted molar refractivity (Wildman–Crippen MR) is 119 cm³/mol. The van der Waals surface area contributed by atoms with Gasteiger partial charge in [0, 0.05) is 12.7 Å². The van der Waals surface area contributed by atoms with E-state index in [1.165, 1.54) is 22.3 Å². The summed E-state index contributed by atoms with van der Waals surface area (Å²) in [6.45, 7) is 2.31. The van der Waals surface area contributed by atoms with Crippen LogP contribution in [0.1, 0.15) is 30.2 Å². The van der Waals surface area contributed by atoms with Gasteiger partial charge in [-0.3, -0.25) is 4.79 Å². The van der Waals surface area contributed by atoms with Gasteiger partial charge in [0.15, 0.2) is 0 Å². The van der Waals surface area contributed by atoms with Crippen molar-refractivity contribution in [1.82, 2.24) is 4.98 Å². The molecule has 8 heteroatoms. The highest BCUT2D eigenvalue weighted by Crippen LogP contribution is 2.35. The number of alkyl halides is 3. The van der Waals surface area contributed by atoms with Gasteiger partial charge < -0.3 is 19.9 Å². The highest BCUT2D eigenvalue weighted by atomic mass is 19.4. The molecule has 1 aromatic heterocycles. The smallest absolute Gasteiger partial charge is 0.390 e. The minimum atomic E-state index is -4.47. The Bertz CT molecular complexity index is 1060. The third-order valence-corrected chi connectivity index (χ3v) is 5.45. The van der Waals surface area contributed by atoms with E-state index in [0.717, 1.165) is 24.6 Å². The van der Waals surface area contributed by atoms with E-state index in [4.69, 9.17) is 14.9 Å². The number of nitrogens with one attached hydrogen (secondary N) is 1. The van der Waals surface area contributed by atoms with Gasteiger partial charge >= 0.3 is 6.18 Å². The van der Waals surface area contributed by atoms with Crippen LogP contribution in [0.3, 0.4) is 0 Å². The van der Waals surface area contributed by atoms with Crippen molar-refractivity contribution in [3.05, 3.63) is 93.9 Å². The third kappa shape index (κ3) is 6.54. The second kappa shape index (κ2) is 10.8. The van der Waals surface area contributed by atoms with Gasteiger partial charge in [-0.05, 0) is 48.1 Å². The molecule has 0 saturated carbocycles. The highest BCUT2D eigenvalue weighted by molar-refractivity contribution is 5.76. The van der Waals surface area contributed by atoms with Gasteiger partial charge in [0.2, 0.25) is 5.56 Å². The molecule has 2 heterocycles. The average Bonchev–Trinajstić information content (AvgIpc) is 3.17. The maximum absolute atomic E-state index is 11.8. The molecule has 3 N–H and O–H groups in total. The first kappa shape index (κ1) is 24.7. The summed E-state index contributed by atoms with van der Waals surface area (Å²) in [5.41, 5.74) is 3.98. The van der Waals surface area contributed by atoms with Crippen LogP contribution in [0, 0.1) is 0 Å². The van der Waals surface area contributed by atoms with Crippen molar-refractivity contribution in [3.8, 4) is 11.1 Å². The third-order valence-electron chi connectivity index (χ3n) is 5.45. The van der Waals surface area contributed by atoms with Crippen LogP contribution in [0.15, 0.2) is 71.5 Å². The fourth-order valence-corrected chi connectivity index (χ4v) is 3.65. The number of ether oxygens (including phenoxy) is 1. The minimum Gasteiger partial charge on any atom is -0.390 e. The van der Waals surface area contributed by atoms with Crippen molar-refractivity contribution in [1.29, 1.82) is 0 Å². The fraction of sp³-hybridized carbons (Fsp3) is 0.320. The van der Waals surface area contributed by atoms with Crippen molar-refractivity contribution in [2.75, 3.05) is 6.61 Å². The summed E-state index contributed by atoms with van der Waals surface area (Å²) in [6, 6.07) is 20.2. The van der Waals surface area contributed by atoms with Crippen LogP contribution >= 0.6 is 0 Å². The zero-order chi connectivity index (χ0) is 24.0. The molecule has 0 bridgehead atoms. The lowest BCUT2D eigenvalue weighted by atomic mass is 10.0. The lowest BCUT2D eigenvalue weighted by Crippen LogP contribution is -2.42. The molecule has 1 saturated heterocycles. The van der Waals surface area contributed by atoms with Gasteiger partial charge in [-0.2, -0.15) is 13.2 Å². The SMILES string of the molecule is CC1OCCC(O)C1O.O=c1cccc(C(F)(F)F)[nH]1.c1ccc2c(c1)Cc1ccccc1-2. The molecule has 1 fully saturated rings. The van der Waals surface area contributed by atoms with Gasteiger partial charge in [0.1, 0.15) is 11.8 Å². The van der Waals surface area contributed by atoms with Crippen LogP contribution in [0.2, 0.25) is 0 Å². The van der Waals surface area contributed by atoms with Gasteiger partial charge in [0.05, 0.1) is 12.2 Å². The molecule has 5 rings (SSSR count). The van der Waals surface area contributed by atoms with E-state index in [-0.39, 0.29) is 6.10 Å². The van der Waals surface area contributed by atoms with Crippen LogP contribution in [-0.2, 0) is 17.3 Å². The molecule has 176 valence electrons. The summed E-state index contributed by atoms with van der Waals surface area (Å²) in [6.07, 6.45) is -4.32. The zero-order valence-corrected chi connectivity index (χ0v) is 18.0. The molecule has 3 unspecified atom stereocenters. The molecular formula is C25H26F3NO4. The number of rotatable bonds is 0. The van der Waals surface area contributed by atoms with E-state index in [1.807, 2.05) is 0 Å². The Kier molecular flexibility index (Phi) is 8.07. The summed E-state index contributed by atoms with van der Waals surface area (Å²) in [5, 5.41) is 18.1. The number of aliphatic hydroxyl groups excluding tert-OH is 2. The first-order chi connectivity index (χ1) is 15.7. The molecule has 1 aliphatic heterocycles. The van der Waals surface area contributed by atoms with Crippen molar-refractivity contribution < 1.29 is 28.1 Å². The van der Waals surface area contributed by atoms with Gasteiger partial charge in [-0.1, -0.05) is 54.6 Å². The molecule has 0 spiro atoms. The Labute approximate surface area is 189 Å². The number of pyridine rings is 1. The quantitative estimate of drug-likeness (QED) is 0.367. The maximum atomic E-state index is 11.8. The Balaban J connectivity index is 0.000000142. The monoisotopic (exact) mass is 461 g/mol. The largest absolute Gasteiger partial charge is 0.431 e. The molecule has 0 radical (unpaired) electrons. The van der Waals surface area contributed by atoms with Gasteiger partial charge in [0.25, 0.3) is 0 Å². The van der Waals surface area contributed by atoms with E-state index in [9.17, 15) is 18.0 Å². The van der Waals surface area contributed by atoms with Crippen molar-refractivity contribution in [2.24, 2.45) is 0 Å². The molecule has 3 aromatic rings. The molecule has 2 aliphatic rings. The van der Waals surface area contributed by atoms with Crippen molar-refractivity contribution >= 4 is 0 Å². The molecule has 3 atom stereocenters. The first-order valence-electron chi connectivity index (χ1n) is 10.6. The number of benzene rings is 2. The predicted octanol–water partition coefficient (Wildman–Crippen LogP) is 4.17. The molecule has 5 nitrogen and oxygen atoms in total. The standard InChI is InChI=1S/C13H10.C6H4F3NO.C6H12O3/c1-3-7-12-10(5-1)9-11-6-2-4-8-13(11)12;7-6(8,9)4-2-1-3-5(11)10-4;1-4-6(8)5(7)2-3-9-4/h1-8H,9H2;1-3H,(H,10,11);4-8H,2-3H2,1H3. The number of halogens is 3. The summed E-state index contributed by atoms with van der Waals surface area (Å²) < 4.78 is 40.4. The Morgan fingerprint density at radius 2 is 1.48 bits per heavy atom. The second-order valence-corrected chi connectivity index (χ2v) is 7.84. The van der Waals surface area contributed by atoms with E-state index < -0.39 is 29.6 Å². The molecule has 0 amide bonds. The molecular weight excluding hydrogens is 435 g/mol. The van der Waals surface area contributed by atoms with Crippen LogP contribution in [0.4, 0.5) is 13.2 Å². The lowest BCUT2D eigenvalue weighted by Gasteiger charge is -2.29. The number of hydrogen-bond donors (Lipinski definition) is 3. The van der Waals surface area contributed by atoms with Crippen molar-refractivity contribution in [3.63, 3.8) is 0 Å². The number of fused-ring (bicyclic) bond motifs is 3.